The van der Waals surface area contributed by atoms with Crippen molar-refractivity contribution < 1.29 is 18.9 Å². The summed E-state index contributed by atoms with van der Waals surface area (Å²) in [6.45, 7) is 7.26. The third kappa shape index (κ3) is 3.60. The van der Waals surface area contributed by atoms with Gasteiger partial charge >= 0.3 is 0 Å². The third-order valence-electron chi connectivity index (χ3n) is 4.41. The normalized spacial score (nSPS) is 15.8. The van der Waals surface area contributed by atoms with Crippen molar-refractivity contribution in [3.05, 3.63) is 47.1 Å². The molecule has 1 aromatic carbocycles. The molecule has 3 amide bonds. The van der Waals surface area contributed by atoms with Gasteiger partial charge in [-0.2, -0.15) is 4.98 Å². The molecule has 0 spiro atoms. The monoisotopic (exact) mass is 370 g/mol. The predicted octanol–water partition coefficient (Wildman–Crippen LogP) is 2.27. The molecule has 1 aliphatic heterocycles. The smallest absolute Gasteiger partial charge is 0.262 e. The average Bonchev–Trinajstić information content (AvgIpc) is 3.16. The van der Waals surface area contributed by atoms with Crippen molar-refractivity contribution in [1.29, 1.82) is 0 Å². The van der Waals surface area contributed by atoms with E-state index in [1.165, 1.54) is 0 Å². The number of carbonyl (C=O) groups is 3. The van der Waals surface area contributed by atoms with Crippen LogP contribution in [0.4, 0.5) is 0 Å². The number of hydrogen-bond donors (Lipinski definition) is 1. The molecule has 1 aliphatic rings. The summed E-state index contributed by atoms with van der Waals surface area (Å²) in [4.78, 5) is 43.7. The number of fused-ring (bicyclic) bond motifs is 1. The lowest BCUT2D eigenvalue weighted by molar-refractivity contribution is -0.126. The standard InChI is InChI=1S/C19H22N4O4/c1-10(2)9-15(16(24)20-11(3)17-21-12(4)22-27-17)23-18(25)13-7-5-6-8-14(13)19(23)26/h5-8,10-11,15H,9H2,1-4H3,(H,20,24). The number of hydrogen-bond acceptors (Lipinski definition) is 6. The highest BCUT2D eigenvalue weighted by Crippen LogP contribution is 2.27. The van der Waals surface area contributed by atoms with Crippen molar-refractivity contribution in [3.8, 4) is 0 Å². The van der Waals surface area contributed by atoms with Crippen LogP contribution in [0.1, 0.15) is 65.7 Å². The molecule has 0 fully saturated rings. The molecule has 8 nitrogen and oxygen atoms in total. The van der Waals surface area contributed by atoms with Crippen molar-refractivity contribution in [2.45, 2.75) is 46.2 Å². The maximum atomic E-state index is 13.0. The van der Waals surface area contributed by atoms with E-state index in [0.717, 1.165) is 4.90 Å². The first-order valence-electron chi connectivity index (χ1n) is 8.87. The minimum absolute atomic E-state index is 0.103. The molecule has 1 aromatic heterocycles. The molecule has 8 heteroatoms. The van der Waals surface area contributed by atoms with Crippen LogP contribution in [-0.2, 0) is 4.79 Å². The van der Waals surface area contributed by atoms with Crippen molar-refractivity contribution in [1.82, 2.24) is 20.4 Å². The molecule has 0 aliphatic carbocycles. The van der Waals surface area contributed by atoms with Gasteiger partial charge < -0.3 is 9.84 Å². The highest BCUT2D eigenvalue weighted by Gasteiger charge is 2.43. The Morgan fingerprint density at radius 1 is 1.15 bits per heavy atom. The van der Waals surface area contributed by atoms with E-state index >= 15 is 0 Å². The van der Waals surface area contributed by atoms with Gasteiger partial charge in [0.15, 0.2) is 5.82 Å². The Morgan fingerprint density at radius 2 is 1.74 bits per heavy atom. The highest BCUT2D eigenvalue weighted by molar-refractivity contribution is 6.22. The number of carbonyl (C=O) groups excluding carboxylic acids is 3. The second kappa shape index (κ2) is 7.30. The topological polar surface area (TPSA) is 105 Å². The van der Waals surface area contributed by atoms with E-state index in [2.05, 4.69) is 15.5 Å². The molecule has 2 aromatic rings. The molecular weight excluding hydrogens is 348 g/mol. The van der Waals surface area contributed by atoms with Crippen molar-refractivity contribution in [2.75, 3.05) is 0 Å². The van der Waals surface area contributed by atoms with E-state index < -0.39 is 29.8 Å². The molecule has 3 rings (SSSR count). The first kappa shape index (κ1) is 18.8. The largest absolute Gasteiger partial charge is 0.343 e. The number of aryl methyl sites for hydroxylation is 1. The summed E-state index contributed by atoms with van der Waals surface area (Å²) >= 11 is 0. The second-order valence-electron chi connectivity index (χ2n) is 7.08. The summed E-state index contributed by atoms with van der Waals surface area (Å²) in [6.07, 6.45) is 0.354. The number of nitrogens with zero attached hydrogens (tertiary/aromatic N) is 3. The van der Waals surface area contributed by atoms with Crippen molar-refractivity contribution in [3.63, 3.8) is 0 Å². The van der Waals surface area contributed by atoms with Gasteiger partial charge in [0.1, 0.15) is 12.1 Å². The summed E-state index contributed by atoms with van der Waals surface area (Å²) in [5.74, 6) is -0.486. The van der Waals surface area contributed by atoms with Gasteiger partial charge in [0.25, 0.3) is 11.8 Å². The zero-order valence-corrected chi connectivity index (χ0v) is 15.7. The number of imide groups is 1. The molecular formula is C19H22N4O4. The minimum atomic E-state index is -0.913. The summed E-state index contributed by atoms with van der Waals surface area (Å²) in [5.41, 5.74) is 0.647. The van der Waals surface area contributed by atoms with Gasteiger partial charge in [-0.15, -0.1) is 0 Å². The van der Waals surface area contributed by atoms with E-state index in [0.29, 0.717) is 23.4 Å². The van der Waals surface area contributed by atoms with Gasteiger partial charge in [-0.3, -0.25) is 19.3 Å². The van der Waals surface area contributed by atoms with Gasteiger partial charge in [-0.25, -0.2) is 0 Å². The first-order valence-corrected chi connectivity index (χ1v) is 8.87. The van der Waals surface area contributed by atoms with Crippen LogP contribution in [0, 0.1) is 12.8 Å². The van der Waals surface area contributed by atoms with Crippen molar-refractivity contribution >= 4 is 17.7 Å². The quantitative estimate of drug-likeness (QED) is 0.782. The van der Waals surface area contributed by atoms with Gasteiger partial charge in [0, 0.05) is 0 Å². The van der Waals surface area contributed by atoms with Crippen LogP contribution < -0.4 is 5.32 Å². The Labute approximate surface area is 156 Å². The molecule has 2 heterocycles. The Kier molecular flexibility index (Phi) is 5.07. The Balaban J connectivity index is 1.85. The van der Waals surface area contributed by atoms with Gasteiger partial charge in [-0.05, 0) is 38.3 Å². The molecule has 0 saturated carbocycles. The van der Waals surface area contributed by atoms with E-state index in [9.17, 15) is 14.4 Å². The summed E-state index contributed by atoms with van der Waals surface area (Å²) < 4.78 is 5.08. The van der Waals surface area contributed by atoms with Crippen LogP contribution in [0.2, 0.25) is 0 Å². The number of amides is 3. The van der Waals surface area contributed by atoms with Gasteiger partial charge in [0.2, 0.25) is 11.8 Å². The lowest BCUT2D eigenvalue weighted by atomic mass is 10.0. The van der Waals surface area contributed by atoms with Crippen LogP contribution >= 0.6 is 0 Å². The number of nitrogens with one attached hydrogen (secondary N) is 1. The molecule has 2 unspecified atom stereocenters. The van der Waals surface area contributed by atoms with Crippen LogP contribution in [0.5, 0.6) is 0 Å². The van der Waals surface area contributed by atoms with Crippen molar-refractivity contribution in [2.24, 2.45) is 5.92 Å². The van der Waals surface area contributed by atoms with E-state index in [4.69, 9.17) is 4.52 Å². The Morgan fingerprint density at radius 3 is 2.22 bits per heavy atom. The summed E-state index contributed by atoms with van der Waals surface area (Å²) in [5, 5.41) is 6.49. The fourth-order valence-corrected chi connectivity index (χ4v) is 3.13. The van der Waals surface area contributed by atoms with E-state index in [-0.39, 0.29) is 11.8 Å². The lowest BCUT2D eigenvalue weighted by Gasteiger charge is -2.27. The summed E-state index contributed by atoms with van der Waals surface area (Å²) in [7, 11) is 0. The molecule has 1 N–H and O–H groups in total. The predicted molar refractivity (Wildman–Crippen MR) is 95.8 cm³/mol. The molecule has 142 valence electrons. The third-order valence-corrected chi connectivity index (χ3v) is 4.41. The fourth-order valence-electron chi connectivity index (χ4n) is 3.13. The second-order valence-corrected chi connectivity index (χ2v) is 7.08. The minimum Gasteiger partial charge on any atom is -0.343 e. The van der Waals surface area contributed by atoms with Crippen LogP contribution in [-0.4, -0.2) is 38.8 Å². The SMILES string of the molecule is Cc1noc(C(C)NC(=O)C(CC(C)C)N2C(=O)c3ccccc3C2=O)n1. The number of rotatable bonds is 6. The maximum absolute atomic E-state index is 13.0. The average molecular weight is 370 g/mol. The summed E-state index contributed by atoms with van der Waals surface area (Å²) in [6, 6.07) is 5.15. The van der Waals surface area contributed by atoms with Crippen LogP contribution in [0.15, 0.2) is 28.8 Å². The molecule has 0 saturated heterocycles. The molecule has 27 heavy (non-hydrogen) atoms. The van der Waals surface area contributed by atoms with Crippen LogP contribution in [0.25, 0.3) is 0 Å². The zero-order valence-electron chi connectivity index (χ0n) is 15.7. The molecule has 0 bridgehead atoms. The molecule has 2 atom stereocenters. The van der Waals surface area contributed by atoms with E-state index in [1.807, 2.05) is 13.8 Å². The van der Waals surface area contributed by atoms with E-state index in [1.54, 1.807) is 38.1 Å². The highest BCUT2D eigenvalue weighted by atomic mass is 16.5. The fraction of sp³-hybridized carbons (Fsp3) is 0.421. The Bertz CT molecular complexity index is 854. The number of benzene rings is 1. The first-order chi connectivity index (χ1) is 12.8. The van der Waals surface area contributed by atoms with Crippen LogP contribution in [0.3, 0.4) is 0 Å². The Hall–Kier alpha value is -3.03. The molecule has 0 radical (unpaired) electrons. The lowest BCUT2D eigenvalue weighted by Crippen LogP contribution is -2.50. The number of aromatic nitrogens is 2. The van der Waals surface area contributed by atoms with Gasteiger partial charge in [-0.1, -0.05) is 31.1 Å². The maximum Gasteiger partial charge on any atom is 0.262 e. The van der Waals surface area contributed by atoms with Gasteiger partial charge in [0.05, 0.1) is 11.1 Å². The zero-order chi connectivity index (χ0) is 19.7.